The van der Waals surface area contributed by atoms with Gasteiger partial charge in [0.15, 0.2) is 0 Å². The van der Waals surface area contributed by atoms with Crippen molar-refractivity contribution in [2.45, 2.75) is 57.9 Å². The van der Waals surface area contributed by atoms with Gasteiger partial charge in [-0.05, 0) is 38.5 Å². The summed E-state index contributed by atoms with van der Waals surface area (Å²) in [5.41, 5.74) is 2.01. The van der Waals surface area contributed by atoms with Crippen LogP contribution in [0.3, 0.4) is 0 Å². The number of amides is 1. The Morgan fingerprint density at radius 3 is 2.87 bits per heavy atom. The molecule has 1 aliphatic carbocycles. The van der Waals surface area contributed by atoms with Crippen molar-refractivity contribution in [3.05, 3.63) is 23.8 Å². The molecule has 0 aromatic carbocycles. The summed E-state index contributed by atoms with van der Waals surface area (Å²) < 4.78 is 5.62. The van der Waals surface area contributed by atoms with Crippen molar-refractivity contribution in [1.29, 1.82) is 0 Å². The second-order valence-electron chi connectivity index (χ2n) is 6.80. The SMILES string of the molecule is Cc1nccnc1CC[C@H]1COCCN1C(=O)CC1CCCC1. The molecule has 1 aromatic heterocycles. The highest BCUT2D eigenvalue weighted by Gasteiger charge is 2.29. The van der Waals surface area contributed by atoms with Gasteiger partial charge in [-0.25, -0.2) is 0 Å². The quantitative estimate of drug-likeness (QED) is 0.837. The zero-order chi connectivity index (χ0) is 16.1. The molecule has 3 rings (SSSR count). The summed E-state index contributed by atoms with van der Waals surface area (Å²) in [6.45, 7) is 4.03. The number of morpholine rings is 1. The topological polar surface area (TPSA) is 55.3 Å². The molecule has 1 saturated heterocycles. The highest BCUT2D eigenvalue weighted by Crippen LogP contribution is 2.29. The maximum atomic E-state index is 12.7. The van der Waals surface area contributed by atoms with Gasteiger partial charge in [-0.15, -0.1) is 0 Å². The third-order valence-electron chi connectivity index (χ3n) is 5.18. The lowest BCUT2D eigenvalue weighted by Gasteiger charge is -2.36. The third kappa shape index (κ3) is 4.28. The predicted molar refractivity (Wildman–Crippen MR) is 88.0 cm³/mol. The molecule has 0 spiro atoms. The first-order valence-corrected chi connectivity index (χ1v) is 8.87. The second kappa shape index (κ2) is 7.86. The number of hydrogen-bond acceptors (Lipinski definition) is 4. The molecule has 0 bridgehead atoms. The largest absolute Gasteiger partial charge is 0.377 e. The van der Waals surface area contributed by atoms with E-state index < -0.39 is 0 Å². The van der Waals surface area contributed by atoms with Crippen LogP contribution in [0.2, 0.25) is 0 Å². The van der Waals surface area contributed by atoms with E-state index in [4.69, 9.17) is 4.74 Å². The van der Waals surface area contributed by atoms with Crippen LogP contribution in [-0.2, 0) is 16.0 Å². The standard InChI is InChI=1S/C18H27N3O2/c1-14-17(20-9-8-19-14)7-6-16-13-23-11-10-21(16)18(22)12-15-4-2-3-5-15/h8-9,15-16H,2-7,10-13H2,1H3/t16-/m0/s1. The maximum Gasteiger partial charge on any atom is 0.223 e. The van der Waals surface area contributed by atoms with Crippen molar-refractivity contribution < 1.29 is 9.53 Å². The molecule has 2 fully saturated rings. The normalized spacial score (nSPS) is 22.5. The number of carbonyl (C=O) groups excluding carboxylic acids is 1. The van der Waals surface area contributed by atoms with Crippen LogP contribution >= 0.6 is 0 Å². The Morgan fingerprint density at radius 2 is 2.09 bits per heavy atom. The summed E-state index contributed by atoms with van der Waals surface area (Å²) in [6.07, 6.45) is 11.0. The van der Waals surface area contributed by atoms with Crippen molar-refractivity contribution in [2.75, 3.05) is 19.8 Å². The van der Waals surface area contributed by atoms with Crippen molar-refractivity contribution >= 4 is 5.91 Å². The van der Waals surface area contributed by atoms with E-state index in [2.05, 4.69) is 14.9 Å². The van der Waals surface area contributed by atoms with E-state index in [1.807, 2.05) is 6.92 Å². The Bertz CT molecular complexity index is 529. The highest BCUT2D eigenvalue weighted by molar-refractivity contribution is 5.77. The Hall–Kier alpha value is -1.49. The zero-order valence-corrected chi connectivity index (χ0v) is 14.0. The monoisotopic (exact) mass is 317 g/mol. The average molecular weight is 317 g/mol. The molecule has 1 atom stereocenters. The van der Waals surface area contributed by atoms with Crippen LogP contribution in [0.15, 0.2) is 12.4 Å². The summed E-state index contributed by atoms with van der Waals surface area (Å²) in [5, 5.41) is 0. The number of nitrogens with zero attached hydrogens (tertiary/aromatic N) is 3. The van der Waals surface area contributed by atoms with Crippen LogP contribution in [0, 0.1) is 12.8 Å². The van der Waals surface area contributed by atoms with Crippen molar-refractivity contribution in [1.82, 2.24) is 14.9 Å². The lowest BCUT2D eigenvalue weighted by molar-refractivity contribution is -0.141. The van der Waals surface area contributed by atoms with Gasteiger partial charge in [0.25, 0.3) is 0 Å². The molecule has 5 nitrogen and oxygen atoms in total. The van der Waals surface area contributed by atoms with Crippen molar-refractivity contribution in [2.24, 2.45) is 5.92 Å². The van der Waals surface area contributed by atoms with Gasteiger partial charge in [0, 0.05) is 25.4 Å². The lowest BCUT2D eigenvalue weighted by Crippen LogP contribution is -2.49. The van der Waals surface area contributed by atoms with Gasteiger partial charge in [-0.3, -0.25) is 14.8 Å². The van der Waals surface area contributed by atoms with Gasteiger partial charge in [-0.1, -0.05) is 12.8 Å². The highest BCUT2D eigenvalue weighted by atomic mass is 16.5. The van der Waals surface area contributed by atoms with E-state index >= 15 is 0 Å². The number of carbonyl (C=O) groups is 1. The van der Waals surface area contributed by atoms with Crippen LogP contribution in [0.25, 0.3) is 0 Å². The van der Waals surface area contributed by atoms with Crippen LogP contribution in [0.4, 0.5) is 0 Å². The lowest BCUT2D eigenvalue weighted by atomic mass is 10.0. The first kappa shape index (κ1) is 16.4. The van der Waals surface area contributed by atoms with E-state index in [0.717, 1.165) is 37.2 Å². The minimum atomic E-state index is 0.180. The Morgan fingerprint density at radius 1 is 1.30 bits per heavy atom. The van der Waals surface area contributed by atoms with Gasteiger partial charge < -0.3 is 9.64 Å². The van der Waals surface area contributed by atoms with Crippen molar-refractivity contribution in [3.8, 4) is 0 Å². The molecule has 0 unspecified atom stereocenters. The van der Waals surface area contributed by atoms with Gasteiger partial charge in [0.1, 0.15) is 0 Å². The Balaban J connectivity index is 1.57. The van der Waals surface area contributed by atoms with Crippen LogP contribution in [0.1, 0.15) is 49.9 Å². The molecule has 2 heterocycles. The van der Waals surface area contributed by atoms with E-state index in [1.54, 1.807) is 12.4 Å². The van der Waals surface area contributed by atoms with E-state index in [0.29, 0.717) is 25.0 Å². The minimum absolute atomic E-state index is 0.180. The molecule has 1 aromatic rings. The summed E-state index contributed by atoms with van der Waals surface area (Å²) in [7, 11) is 0. The van der Waals surface area contributed by atoms with Gasteiger partial charge in [0.05, 0.1) is 30.6 Å². The van der Waals surface area contributed by atoms with E-state index in [9.17, 15) is 4.79 Å². The van der Waals surface area contributed by atoms with Gasteiger partial charge in [0.2, 0.25) is 5.91 Å². The fourth-order valence-corrected chi connectivity index (χ4v) is 3.79. The Labute approximate surface area is 138 Å². The third-order valence-corrected chi connectivity index (χ3v) is 5.18. The molecule has 1 aliphatic heterocycles. The zero-order valence-electron chi connectivity index (χ0n) is 14.0. The molecule has 0 radical (unpaired) electrons. The van der Waals surface area contributed by atoms with Crippen LogP contribution < -0.4 is 0 Å². The minimum Gasteiger partial charge on any atom is -0.377 e. The summed E-state index contributed by atoms with van der Waals surface area (Å²) in [4.78, 5) is 23.4. The molecule has 23 heavy (non-hydrogen) atoms. The summed E-state index contributed by atoms with van der Waals surface area (Å²) in [5.74, 6) is 0.925. The summed E-state index contributed by atoms with van der Waals surface area (Å²) >= 11 is 0. The fourth-order valence-electron chi connectivity index (χ4n) is 3.79. The molecule has 5 heteroatoms. The fraction of sp³-hybridized carbons (Fsp3) is 0.722. The first-order valence-electron chi connectivity index (χ1n) is 8.87. The molecule has 0 N–H and O–H groups in total. The van der Waals surface area contributed by atoms with Gasteiger partial charge in [-0.2, -0.15) is 0 Å². The van der Waals surface area contributed by atoms with Gasteiger partial charge >= 0.3 is 0 Å². The molecule has 1 amide bonds. The first-order chi connectivity index (χ1) is 11.2. The van der Waals surface area contributed by atoms with Crippen LogP contribution in [0.5, 0.6) is 0 Å². The van der Waals surface area contributed by atoms with Crippen molar-refractivity contribution in [3.63, 3.8) is 0 Å². The molecule has 1 saturated carbocycles. The number of rotatable bonds is 5. The average Bonchev–Trinajstić information content (AvgIpc) is 3.07. The molecule has 126 valence electrons. The number of hydrogen-bond donors (Lipinski definition) is 0. The number of ether oxygens (including phenoxy) is 1. The smallest absolute Gasteiger partial charge is 0.223 e. The number of aromatic nitrogens is 2. The molecular weight excluding hydrogens is 290 g/mol. The maximum absolute atomic E-state index is 12.7. The molecule has 2 aliphatic rings. The van der Waals surface area contributed by atoms with E-state index in [-0.39, 0.29) is 6.04 Å². The number of aryl methyl sites for hydroxylation is 2. The van der Waals surface area contributed by atoms with Crippen LogP contribution in [-0.4, -0.2) is 46.6 Å². The molecular formula is C18H27N3O2. The summed E-state index contributed by atoms with van der Waals surface area (Å²) in [6, 6.07) is 0.180. The Kier molecular flexibility index (Phi) is 5.60. The second-order valence-corrected chi connectivity index (χ2v) is 6.80. The van der Waals surface area contributed by atoms with E-state index in [1.165, 1.54) is 25.7 Å². The predicted octanol–water partition coefficient (Wildman–Crippen LogP) is 2.53.